The zero-order valence-corrected chi connectivity index (χ0v) is 37.8. The molecule has 4 aliphatic heterocycles. The van der Waals surface area contributed by atoms with Crippen LogP contribution in [-0.4, -0.2) is 77.8 Å². The maximum Gasteiger partial charge on any atom is 0.262 e. The Bertz CT molecular complexity index is 2560. The molecule has 1 saturated carbocycles. The van der Waals surface area contributed by atoms with E-state index in [1.54, 1.807) is 12.1 Å². The molecule has 3 aromatic carbocycles. The molecule has 0 spiro atoms. The summed E-state index contributed by atoms with van der Waals surface area (Å²) in [6.07, 6.45) is 6.94. The Hall–Kier alpha value is -5.49. The largest absolute Gasteiger partial charge is 0.489 e. The maximum atomic E-state index is 15.5. The SMILES string of the molecule is C=C1c2ccc(C#CC3CCN(C4CCN(c5cc6c(cc5F)C(=O)N(C5CCC(=O)NC5=O)C6=O)CC4)CC3)cc2CC1CC[C@H]1C(C)(C)[C@H](Oc2ccc(C#N)c(Cl)c2)C1(C)C. The van der Waals surface area contributed by atoms with Gasteiger partial charge in [-0.2, -0.15) is 5.26 Å². The van der Waals surface area contributed by atoms with E-state index < -0.39 is 35.5 Å². The molecular formula is C52H55ClFN5O5. The number of allylic oxidation sites excluding steroid dienone is 1. The standard InChI is InChI=1S/C52H55ClFN5O5/c1-30-33(10-14-45-51(2,3)50(52(45,4)5)64-37-11-9-34(29-55)41(53)26-37)25-35-24-32(8-12-38(30)35)7-6-31-16-20-57(21-17-31)36-18-22-58(23-19-36)44-28-40-39(27-42(44)54)48(62)59(49(40)63)43-13-15-46(60)56-47(43)61/h8-9,11-12,24,26-28,31,33,36,43,45,50H,1,10,13-23,25H2,2-5H3,(H,56,60,61)/t33?,43?,45-,50-. The molecule has 0 aromatic heterocycles. The van der Waals surface area contributed by atoms with Crippen LogP contribution in [0.5, 0.6) is 5.75 Å². The number of benzene rings is 3. The molecule has 4 heterocycles. The molecule has 332 valence electrons. The van der Waals surface area contributed by atoms with E-state index in [9.17, 15) is 24.4 Å². The van der Waals surface area contributed by atoms with Crippen LogP contribution in [0, 0.1) is 57.6 Å². The fourth-order valence-electron chi connectivity index (χ4n) is 12.2. The molecule has 10 nitrogen and oxygen atoms in total. The Morgan fingerprint density at radius 3 is 2.25 bits per heavy atom. The third-order valence-electron chi connectivity index (χ3n) is 15.5. The summed E-state index contributed by atoms with van der Waals surface area (Å²) in [5.41, 5.74) is 5.61. The molecule has 0 radical (unpaired) electrons. The van der Waals surface area contributed by atoms with E-state index >= 15 is 4.39 Å². The van der Waals surface area contributed by atoms with Crippen molar-refractivity contribution in [2.75, 3.05) is 31.1 Å². The van der Waals surface area contributed by atoms with Crippen molar-refractivity contribution in [1.82, 2.24) is 15.1 Å². The third kappa shape index (κ3) is 7.79. The first-order valence-corrected chi connectivity index (χ1v) is 23.2. The molecule has 0 bridgehead atoms. The Morgan fingerprint density at radius 2 is 1.58 bits per heavy atom. The van der Waals surface area contributed by atoms with E-state index in [1.807, 2.05) is 11.0 Å². The van der Waals surface area contributed by atoms with Gasteiger partial charge < -0.3 is 14.5 Å². The number of fused-ring (bicyclic) bond motifs is 2. The van der Waals surface area contributed by atoms with E-state index in [4.69, 9.17) is 16.3 Å². The first kappa shape index (κ1) is 43.7. The lowest BCUT2D eigenvalue weighted by molar-refractivity contribution is -0.201. The van der Waals surface area contributed by atoms with Gasteiger partial charge in [0.15, 0.2) is 0 Å². The third-order valence-corrected chi connectivity index (χ3v) is 15.8. The first-order valence-electron chi connectivity index (χ1n) is 22.8. The van der Waals surface area contributed by atoms with Crippen molar-refractivity contribution in [3.63, 3.8) is 0 Å². The van der Waals surface area contributed by atoms with Gasteiger partial charge in [0.2, 0.25) is 11.8 Å². The zero-order chi connectivity index (χ0) is 45.2. The van der Waals surface area contributed by atoms with Crippen molar-refractivity contribution in [2.45, 2.75) is 104 Å². The van der Waals surface area contributed by atoms with Crippen molar-refractivity contribution in [3.8, 4) is 23.7 Å². The van der Waals surface area contributed by atoms with Crippen LogP contribution in [0.3, 0.4) is 0 Å². The summed E-state index contributed by atoms with van der Waals surface area (Å²) < 4.78 is 22.1. The minimum absolute atomic E-state index is 0.0223. The molecule has 2 unspecified atom stereocenters. The highest BCUT2D eigenvalue weighted by molar-refractivity contribution is 6.31. The van der Waals surface area contributed by atoms with Gasteiger partial charge in [-0.3, -0.25) is 29.4 Å². The fraction of sp³-hybridized carbons (Fsp3) is 0.481. The van der Waals surface area contributed by atoms with E-state index in [2.05, 4.69) is 80.6 Å². The normalized spacial score (nSPS) is 25.5. The smallest absolute Gasteiger partial charge is 0.262 e. The Morgan fingerprint density at radius 1 is 0.875 bits per heavy atom. The number of rotatable bonds is 8. The number of imide groups is 2. The minimum Gasteiger partial charge on any atom is -0.489 e. The number of piperidine rings is 3. The lowest BCUT2D eigenvalue weighted by Gasteiger charge is -2.63. The molecule has 12 heteroatoms. The predicted molar refractivity (Wildman–Crippen MR) is 243 cm³/mol. The van der Waals surface area contributed by atoms with Crippen molar-refractivity contribution < 1.29 is 28.3 Å². The number of carbonyl (C=O) groups excluding carboxylic acids is 4. The molecule has 3 aromatic rings. The molecule has 9 rings (SSSR count). The summed E-state index contributed by atoms with van der Waals surface area (Å²) in [7, 11) is 0. The second-order valence-corrected chi connectivity index (χ2v) is 20.3. The van der Waals surface area contributed by atoms with Gasteiger partial charge in [-0.15, -0.1) is 0 Å². The minimum atomic E-state index is -1.09. The second kappa shape index (κ2) is 16.8. The number of halogens is 2. The lowest BCUT2D eigenvalue weighted by Crippen LogP contribution is -2.65. The predicted octanol–water partition coefficient (Wildman–Crippen LogP) is 8.58. The molecule has 2 atom stereocenters. The quantitative estimate of drug-likeness (QED) is 0.177. The molecule has 2 aliphatic carbocycles. The molecule has 4 fully saturated rings. The first-order chi connectivity index (χ1) is 30.5. The second-order valence-electron chi connectivity index (χ2n) is 19.9. The lowest BCUT2D eigenvalue weighted by atomic mass is 9.44. The highest BCUT2D eigenvalue weighted by Crippen LogP contribution is 2.62. The van der Waals surface area contributed by atoms with Crippen LogP contribution in [-0.2, 0) is 16.0 Å². The maximum absolute atomic E-state index is 15.5. The number of nitrogens with zero attached hydrogens (tertiary/aromatic N) is 4. The number of nitriles is 1. The van der Waals surface area contributed by atoms with Crippen LogP contribution in [0.2, 0.25) is 5.02 Å². The van der Waals surface area contributed by atoms with E-state index in [0.717, 1.165) is 74.6 Å². The van der Waals surface area contributed by atoms with Gasteiger partial charge in [0, 0.05) is 53.9 Å². The van der Waals surface area contributed by atoms with Crippen molar-refractivity contribution >= 4 is 46.5 Å². The van der Waals surface area contributed by atoms with Gasteiger partial charge in [0.1, 0.15) is 29.8 Å². The van der Waals surface area contributed by atoms with Crippen LogP contribution in [0.15, 0.2) is 55.1 Å². The van der Waals surface area contributed by atoms with E-state index in [1.165, 1.54) is 22.8 Å². The summed E-state index contributed by atoms with van der Waals surface area (Å²) >= 11 is 6.32. The molecule has 4 amide bonds. The van der Waals surface area contributed by atoms with Crippen LogP contribution in [0.25, 0.3) is 5.57 Å². The zero-order valence-electron chi connectivity index (χ0n) is 37.1. The number of amides is 4. The van der Waals surface area contributed by atoms with E-state index in [0.29, 0.717) is 58.9 Å². The van der Waals surface area contributed by atoms with Gasteiger partial charge >= 0.3 is 0 Å². The highest BCUT2D eigenvalue weighted by Gasteiger charge is 2.63. The van der Waals surface area contributed by atoms with Crippen LogP contribution < -0.4 is 15.0 Å². The number of hydrogen-bond donors (Lipinski definition) is 1. The molecule has 3 saturated heterocycles. The number of carbonyl (C=O) groups is 4. The Kier molecular flexibility index (Phi) is 11.5. The van der Waals surface area contributed by atoms with Crippen molar-refractivity contribution in [2.24, 2.45) is 28.6 Å². The molecule has 64 heavy (non-hydrogen) atoms. The van der Waals surface area contributed by atoms with Crippen LogP contribution in [0.4, 0.5) is 10.1 Å². The molecule has 1 N–H and O–H groups in total. The number of anilines is 1. The van der Waals surface area contributed by atoms with E-state index in [-0.39, 0.29) is 40.9 Å². The summed E-state index contributed by atoms with van der Waals surface area (Å²) in [6.45, 7) is 16.9. The highest BCUT2D eigenvalue weighted by atomic mass is 35.5. The summed E-state index contributed by atoms with van der Waals surface area (Å²) in [5, 5.41) is 11.9. The van der Waals surface area contributed by atoms with Gasteiger partial charge in [0.25, 0.3) is 11.8 Å². The summed E-state index contributed by atoms with van der Waals surface area (Å²) in [4.78, 5) is 56.0. The number of ether oxygens (including phenoxy) is 1. The van der Waals surface area contributed by atoms with Gasteiger partial charge in [-0.05, 0) is 129 Å². The van der Waals surface area contributed by atoms with Gasteiger partial charge in [0.05, 0.1) is 27.4 Å². The van der Waals surface area contributed by atoms with Gasteiger partial charge in [-0.25, -0.2) is 4.39 Å². The summed E-state index contributed by atoms with van der Waals surface area (Å²) in [5.74, 6) is 5.96. The molecular weight excluding hydrogens is 829 g/mol. The summed E-state index contributed by atoms with van der Waals surface area (Å²) in [6, 6.07) is 15.9. The average molecular weight is 884 g/mol. The number of hydrogen-bond acceptors (Lipinski definition) is 8. The van der Waals surface area contributed by atoms with Crippen molar-refractivity contribution in [3.05, 3.63) is 99.3 Å². The number of nitrogens with one attached hydrogen (secondary N) is 1. The number of likely N-dealkylation sites (tertiary alicyclic amines) is 1. The Balaban J connectivity index is 0.746. The topological polar surface area (TPSA) is 123 Å². The van der Waals surface area contributed by atoms with Crippen LogP contribution in [0.1, 0.15) is 122 Å². The van der Waals surface area contributed by atoms with Gasteiger partial charge in [-0.1, -0.05) is 63.8 Å². The van der Waals surface area contributed by atoms with Crippen LogP contribution >= 0.6 is 11.6 Å². The Labute approximate surface area is 380 Å². The monoisotopic (exact) mass is 883 g/mol. The molecule has 6 aliphatic rings. The average Bonchev–Trinajstić information content (AvgIpc) is 3.71. The fourth-order valence-corrected chi connectivity index (χ4v) is 12.4. The van der Waals surface area contributed by atoms with Crippen molar-refractivity contribution in [1.29, 1.82) is 5.26 Å².